The highest BCUT2D eigenvalue weighted by atomic mass is 16.4. The summed E-state index contributed by atoms with van der Waals surface area (Å²) in [6.45, 7) is -0.330. The van der Waals surface area contributed by atoms with E-state index in [1.807, 2.05) is 0 Å². The molecule has 0 aliphatic heterocycles. The van der Waals surface area contributed by atoms with Crippen molar-refractivity contribution in [3.8, 4) is 0 Å². The molecule has 7 nitrogen and oxygen atoms in total. The average Bonchev–Trinajstić information content (AvgIpc) is 2.29. The van der Waals surface area contributed by atoms with Crippen LogP contribution in [0.3, 0.4) is 0 Å². The molecule has 17 heavy (non-hydrogen) atoms. The van der Waals surface area contributed by atoms with E-state index in [4.69, 9.17) is 15.9 Å². The van der Waals surface area contributed by atoms with E-state index in [-0.39, 0.29) is 13.0 Å². The number of amides is 1. The van der Waals surface area contributed by atoms with Crippen molar-refractivity contribution in [2.45, 2.75) is 12.5 Å². The fourth-order valence-corrected chi connectivity index (χ4v) is 1.07. The van der Waals surface area contributed by atoms with Crippen molar-refractivity contribution < 1.29 is 19.8 Å². The lowest BCUT2D eigenvalue weighted by Crippen LogP contribution is -2.37. The molecule has 0 aliphatic rings. The number of aliphatic hydroxyl groups excluding tert-OH is 1. The Bertz CT molecular complexity index is 405. The second kappa shape index (κ2) is 5.80. The third-order valence-electron chi connectivity index (χ3n) is 1.97. The molecule has 0 saturated carbocycles. The Kier molecular flexibility index (Phi) is 4.41. The van der Waals surface area contributed by atoms with Crippen LogP contribution in [0.1, 0.15) is 5.69 Å². The van der Waals surface area contributed by atoms with Gasteiger partial charge in [0, 0.05) is 5.69 Å². The molecule has 1 aromatic rings. The monoisotopic (exact) mass is 239 g/mol. The molecule has 0 saturated heterocycles. The van der Waals surface area contributed by atoms with Gasteiger partial charge in [-0.05, 0) is 12.1 Å². The number of aromatic nitrogens is 1. The van der Waals surface area contributed by atoms with Gasteiger partial charge in [0.15, 0.2) is 6.10 Å². The smallest absolute Gasteiger partial charge is 0.334 e. The maximum atomic E-state index is 11.3. The number of aliphatic carboxylic acids is 1. The molecule has 0 unspecified atom stereocenters. The van der Waals surface area contributed by atoms with E-state index in [9.17, 15) is 9.59 Å². The average molecular weight is 239 g/mol. The van der Waals surface area contributed by atoms with Crippen LogP contribution in [0.5, 0.6) is 0 Å². The number of carboxylic acids is 1. The third kappa shape index (κ3) is 4.47. The minimum Gasteiger partial charge on any atom is -0.479 e. The Morgan fingerprint density at radius 2 is 2.18 bits per heavy atom. The largest absolute Gasteiger partial charge is 0.479 e. The molecule has 92 valence electrons. The first-order valence-corrected chi connectivity index (χ1v) is 4.87. The number of nitrogens with zero attached hydrogens (tertiary/aromatic N) is 1. The molecule has 1 amide bonds. The zero-order valence-electron chi connectivity index (χ0n) is 8.96. The summed E-state index contributed by atoms with van der Waals surface area (Å²) in [5.74, 6) is -1.79. The SMILES string of the molecule is Nc1ccc(CC(=O)NC[C@H](O)C(=O)O)nc1. The molecule has 0 aliphatic carbocycles. The molecule has 5 N–H and O–H groups in total. The Morgan fingerprint density at radius 3 is 2.71 bits per heavy atom. The number of nitrogens with one attached hydrogen (secondary N) is 1. The summed E-state index contributed by atoms with van der Waals surface area (Å²) in [6, 6.07) is 3.21. The van der Waals surface area contributed by atoms with Gasteiger partial charge in [-0.25, -0.2) is 4.79 Å². The first-order chi connectivity index (χ1) is 7.99. The van der Waals surface area contributed by atoms with Crippen molar-refractivity contribution in [2.75, 3.05) is 12.3 Å². The van der Waals surface area contributed by atoms with Gasteiger partial charge >= 0.3 is 5.97 Å². The van der Waals surface area contributed by atoms with Crippen LogP contribution in [0.15, 0.2) is 18.3 Å². The maximum absolute atomic E-state index is 11.3. The summed E-state index contributed by atoms with van der Waals surface area (Å²) in [7, 11) is 0. The van der Waals surface area contributed by atoms with Crippen LogP contribution in [0, 0.1) is 0 Å². The molecule has 1 aromatic heterocycles. The van der Waals surface area contributed by atoms with Gasteiger partial charge in [0.2, 0.25) is 5.91 Å². The summed E-state index contributed by atoms with van der Waals surface area (Å²) in [6.07, 6.45) is -0.167. The van der Waals surface area contributed by atoms with Gasteiger partial charge < -0.3 is 21.3 Å². The van der Waals surface area contributed by atoms with E-state index < -0.39 is 18.0 Å². The second-order valence-corrected chi connectivity index (χ2v) is 3.42. The van der Waals surface area contributed by atoms with Crippen molar-refractivity contribution in [2.24, 2.45) is 0 Å². The number of hydrogen-bond donors (Lipinski definition) is 4. The highest BCUT2D eigenvalue weighted by Gasteiger charge is 2.14. The first-order valence-electron chi connectivity index (χ1n) is 4.87. The summed E-state index contributed by atoms with van der Waals surface area (Å²) in [5.41, 5.74) is 6.44. The highest BCUT2D eigenvalue weighted by molar-refractivity contribution is 5.79. The Labute approximate surface area is 97.3 Å². The summed E-state index contributed by atoms with van der Waals surface area (Å²) >= 11 is 0. The molecule has 1 atom stereocenters. The molecule has 1 rings (SSSR count). The molecular weight excluding hydrogens is 226 g/mol. The third-order valence-corrected chi connectivity index (χ3v) is 1.97. The molecule has 0 spiro atoms. The number of carboxylic acid groups (broad SMARTS) is 1. The number of carbonyl (C=O) groups excluding carboxylic acids is 1. The van der Waals surface area contributed by atoms with Crippen LogP contribution in [0.25, 0.3) is 0 Å². The topological polar surface area (TPSA) is 126 Å². The van der Waals surface area contributed by atoms with E-state index in [0.29, 0.717) is 11.4 Å². The van der Waals surface area contributed by atoms with Crippen LogP contribution < -0.4 is 11.1 Å². The van der Waals surface area contributed by atoms with Gasteiger partial charge in [0.25, 0.3) is 0 Å². The fraction of sp³-hybridized carbons (Fsp3) is 0.300. The molecule has 7 heteroatoms. The highest BCUT2D eigenvalue weighted by Crippen LogP contribution is 2.01. The molecule has 0 fully saturated rings. The molecule has 0 aromatic carbocycles. The Balaban J connectivity index is 2.39. The molecular formula is C10H13N3O4. The van der Waals surface area contributed by atoms with Crippen molar-refractivity contribution in [3.05, 3.63) is 24.0 Å². The van der Waals surface area contributed by atoms with Crippen LogP contribution in [0.4, 0.5) is 5.69 Å². The predicted octanol–water partition coefficient (Wildman–Crippen LogP) is -1.23. The fourth-order valence-electron chi connectivity index (χ4n) is 1.07. The maximum Gasteiger partial charge on any atom is 0.334 e. The van der Waals surface area contributed by atoms with E-state index in [1.54, 1.807) is 12.1 Å². The van der Waals surface area contributed by atoms with Crippen LogP contribution >= 0.6 is 0 Å². The van der Waals surface area contributed by atoms with Crippen molar-refractivity contribution in [1.82, 2.24) is 10.3 Å². The lowest BCUT2D eigenvalue weighted by atomic mass is 10.2. The zero-order valence-corrected chi connectivity index (χ0v) is 8.96. The zero-order chi connectivity index (χ0) is 12.8. The summed E-state index contributed by atoms with van der Waals surface area (Å²) in [4.78, 5) is 25.5. The van der Waals surface area contributed by atoms with E-state index in [1.165, 1.54) is 6.20 Å². The van der Waals surface area contributed by atoms with Crippen molar-refractivity contribution in [3.63, 3.8) is 0 Å². The van der Waals surface area contributed by atoms with Crippen LogP contribution in [-0.4, -0.2) is 39.7 Å². The molecule has 0 bridgehead atoms. The van der Waals surface area contributed by atoms with Gasteiger partial charge in [-0.2, -0.15) is 0 Å². The number of rotatable bonds is 5. The van der Waals surface area contributed by atoms with Crippen molar-refractivity contribution in [1.29, 1.82) is 0 Å². The second-order valence-electron chi connectivity index (χ2n) is 3.42. The lowest BCUT2D eigenvalue weighted by molar-refractivity contribution is -0.146. The Hall–Kier alpha value is -2.15. The Morgan fingerprint density at radius 1 is 1.47 bits per heavy atom. The minimum atomic E-state index is -1.60. The standard InChI is InChI=1S/C10H13N3O4/c11-6-1-2-7(12-4-6)3-9(15)13-5-8(14)10(16)17/h1-2,4,8,14H,3,5,11H2,(H,13,15)(H,16,17)/t8-/m0/s1. The van der Waals surface area contributed by atoms with Crippen LogP contribution in [-0.2, 0) is 16.0 Å². The molecule has 1 heterocycles. The van der Waals surface area contributed by atoms with Gasteiger partial charge in [-0.3, -0.25) is 9.78 Å². The first kappa shape index (κ1) is 12.9. The van der Waals surface area contributed by atoms with E-state index in [2.05, 4.69) is 10.3 Å². The van der Waals surface area contributed by atoms with Crippen molar-refractivity contribution >= 4 is 17.6 Å². The summed E-state index contributed by atoms with van der Waals surface area (Å²) < 4.78 is 0. The van der Waals surface area contributed by atoms with E-state index >= 15 is 0 Å². The van der Waals surface area contributed by atoms with Crippen LogP contribution in [0.2, 0.25) is 0 Å². The number of pyridine rings is 1. The number of carbonyl (C=O) groups is 2. The summed E-state index contributed by atoms with van der Waals surface area (Å²) in [5, 5.41) is 19.6. The normalized spacial score (nSPS) is 11.8. The number of hydrogen-bond acceptors (Lipinski definition) is 5. The predicted molar refractivity (Wildman–Crippen MR) is 59.0 cm³/mol. The quantitative estimate of drug-likeness (QED) is 0.509. The van der Waals surface area contributed by atoms with E-state index in [0.717, 1.165) is 0 Å². The minimum absolute atomic E-state index is 0.00657. The number of nitrogens with two attached hydrogens (primary N) is 1. The molecule has 0 radical (unpaired) electrons. The number of aliphatic hydroxyl groups is 1. The van der Waals surface area contributed by atoms with Gasteiger partial charge in [0.1, 0.15) is 0 Å². The van der Waals surface area contributed by atoms with Gasteiger partial charge in [-0.1, -0.05) is 0 Å². The van der Waals surface area contributed by atoms with Gasteiger partial charge in [-0.15, -0.1) is 0 Å². The number of anilines is 1. The van der Waals surface area contributed by atoms with Gasteiger partial charge in [0.05, 0.1) is 24.8 Å². The lowest BCUT2D eigenvalue weighted by Gasteiger charge is -2.07. The number of nitrogen functional groups attached to an aromatic ring is 1.